The van der Waals surface area contributed by atoms with E-state index in [2.05, 4.69) is 20.7 Å². The van der Waals surface area contributed by atoms with E-state index in [1.165, 1.54) is 6.07 Å². The monoisotopic (exact) mass is 477 g/mol. The summed E-state index contributed by atoms with van der Waals surface area (Å²) in [6.45, 7) is 0.818. The van der Waals surface area contributed by atoms with Gasteiger partial charge >= 0.3 is 6.18 Å². The third kappa shape index (κ3) is 5.07. The number of amides is 1. The van der Waals surface area contributed by atoms with Crippen molar-refractivity contribution in [3.8, 4) is 11.3 Å². The first kappa shape index (κ1) is 23.7. The summed E-state index contributed by atoms with van der Waals surface area (Å²) in [5, 5.41) is 8.58. The molecule has 0 aliphatic heterocycles. The number of hydrogen-bond acceptors (Lipinski definition) is 4. The maximum atomic E-state index is 13.7. The van der Waals surface area contributed by atoms with Gasteiger partial charge in [-0.15, -0.1) is 0 Å². The first-order chi connectivity index (χ1) is 15.0. The van der Waals surface area contributed by atoms with Crippen LogP contribution in [-0.4, -0.2) is 46.6 Å². The minimum atomic E-state index is -5.05. The molecule has 0 saturated heterocycles. The minimum absolute atomic E-state index is 0.0935. The summed E-state index contributed by atoms with van der Waals surface area (Å²) in [4.78, 5) is 27.2. The largest absolute Gasteiger partial charge is 0.421 e. The quantitative estimate of drug-likeness (QED) is 0.360. The molecule has 0 atom stereocenters. The molecule has 1 aromatic carbocycles. The summed E-state index contributed by atoms with van der Waals surface area (Å²) in [5.41, 5.74) is -3.11. The van der Waals surface area contributed by atoms with Crippen LogP contribution in [0.15, 0.2) is 29.2 Å². The van der Waals surface area contributed by atoms with Gasteiger partial charge in [-0.2, -0.15) is 18.3 Å². The molecule has 1 amide bonds. The molecule has 0 radical (unpaired) electrons. The number of alkyl halides is 5. The van der Waals surface area contributed by atoms with Gasteiger partial charge in [-0.1, -0.05) is 23.7 Å². The summed E-state index contributed by atoms with van der Waals surface area (Å²) < 4.78 is 66.0. The van der Waals surface area contributed by atoms with Crippen LogP contribution < -0.4 is 16.2 Å². The zero-order valence-corrected chi connectivity index (χ0v) is 17.2. The summed E-state index contributed by atoms with van der Waals surface area (Å²) in [7, 11) is 0. The molecule has 0 saturated carbocycles. The lowest BCUT2D eigenvalue weighted by Crippen LogP contribution is -2.34. The number of H-pyrrole nitrogens is 1. The van der Waals surface area contributed by atoms with Crippen molar-refractivity contribution in [2.24, 2.45) is 0 Å². The van der Waals surface area contributed by atoms with Gasteiger partial charge in [0.15, 0.2) is 5.69 Å². The van der Waals surface area contributed by atoms with E-state index < -0.39 is 47.4 Å². The Morgan fingerprint density at radius 3 is 2.62 bits per heavy atom. The molecule has 2 heterocycles. The second kappa shape index (κ2) is 9.25. The van der Waals surface area contributed by atoms with Crippen LogP contribution in [0.25, 0.3) is 16.8 Å². The first-order valence-corrected chi connectivity index (χ1v) is 9.63. The molecule has 0 unspecified atom stereocenters. The Morgan fingerprint density at radius 2 is 2.00 bits per heavy atom. The van der Waals surface area contributed by atoms with Crippen molar-refractivity contribution in [3.63, 3.8) is 0 Å². The molecule has 3 aromatic rings. The van der Waals surface area contributed by atoms with Crippen LogP contribution in [0.4, 0.5) is 22.0 Å². The van der Waals surface area contributed by atoms with Gasteiger partial charge in [0.25, 0.3) is 17.9 Å². The summed E-state index contributed by atoms with van der Waals surface area (Å²) >= 11 is 6.08. The third-order valence-corrected chi connectivity index (χ3v) is 4.90. The molecule has 172 valence electrons. The normalized spacial score (nSPS) is 12.0. The molecule has 7 nitrogen and oxygen atoms in total. The minimum Gasteiger partial charge on any atom is -0.349 e. The Balaban J connectivity index is 1.99. The van der Waals surface area contributed by atoms with Crippen molar-refractivity contribution in [1.29, 1.82) is 0 Å². The highest BCUT2D eigenvalue weighted by atomic mass is 35.5. The Bertz CT molecular complexity index is 1210. The first-order valence-electron chi connectivity index (χ1n) is 9.25. The number of aryl methyl sites for hydroxylation is 1. The number of fused-ring (bicyclic) bond motifs is 1. The average Bonchev–Trinajstić information content (AvgIpc) is 3.10. The molecule has 0 bridgehead atoms. The summed E-state index contributed by atoms with van der Waals surface area (Å²) in [6, 6.07) is 4.82. The summed E-state index contributed by atoms with van der Waals surface area (Å²) in [6.07, 6.45) is -6.51. The number of nitrogens with one attached hydrogen (secondary N) is 3. The van der Waals surface area contributed by atoms with E-state index in [0.717, 1.165) is 11.8 Å². The molecular formula is C19H17ClF5N5O2. The molecule has 3 N–H and O–H groups in total. The van der Waals surface area contributed by atoms with Crippen LogP contribution in [0.3, 0.4) is 0 Å². The van der Waals surface area contributed by atoms with Crippen LogP contribution in [0.5, 0.6) is 0 Å². The van der Waals surface area contributed by atoms with Gasteiger partial charge in [0.2, 0.25) is 0 Å². The number of hydrogen-bond donors (Lipinski definition) is 3. The van der Waals surface area contributed by atoms with Gasteiger partial charge in [-0.3, -0.25) is 9.59 Å². The Labute approximate surface area is 182 Å². The van der Waals surface area contributed by atoms with Gasteiger partial charge in [-0.25, -0.2) is 13.3 Å². The summed E-state index contributed by atoms with van der Waals surface area (Å²) in [5.74, 6) is -1.20. The fourth-order valence-electron chi connectivity index (χ4n) is 2.98. The van der Waals surface area contributed by atoms with Crippen molar-refractivity contribution < 1.29 is 26.7 Å². The van der Waals surface area contributed by atoms with Crippen molar-refractivity contribution in [3.05, 3.63) is 56.6 Å². The third-order valence-electron chi connectivity index (χ3n) is 4.49. The van der Waals surface area contributed by atoms with E-state index in [-0.39, 0.29) is 18.8 Å². The topological polar surface area (TPSA) is 91.3 Å². The van der Waals surface area contributed by atoms with Crippen molar-refractivity contribution in [2.75, 3.05) is 19.6 Å². The van der Waals surface area contributed by atoms with Crippen LogP contribution >= 0.6 is 11.6 Å². The maximum Gasteiger partial charge on any atom is 0.421 e. The maximum absolute atomic E-state index is 13.7. The second-order valence-electron chi connectivity index (χ2n) is 6.83. The highest BCUT2D eigenvalue weighted by Gasteiger charge is 2.41. The Hall–Kier alpha value is -2.99. The number of carbonyl (C=O) groups excluding carboxylic acids is 1. The number of aromatic nitrogens is 3. The fourth-order valence-corrected chi connectivity index (χ4v) is 3.16. The molecule has 0 aliphatic carbocycles. The van der Waals surface area contributed by atoms with E-state index in [0.29, 0.717) is 15.1 Å². The average molecular weight is 478 g/mol. The Kier molecular flexibility index (Phi) is 6.84. The molecule has 0 spiro atoms. The van der Waals surface area contributed by atoms with E-state index in [1.54, 1.807) is 19.1 Å². The number of nitrogens with zero attached hydrogens (tertiary/aromatic N) is 2. The van der Waals surface area contributed by atoms with E-state index >= 15 is 0 Å². The van der Waals surface area contributed by atoms with E-state index in [4.69, 9.17) is 11.6 Å². The highest BCUT2D eigenvalue weighted by Crippen LogP contribution is 2.34. The lowest BCUT2D eigenvalue weighted by atomic mass is 10.1. The SMILES string of the molecule is Cc1ccc(-c2cn3nc(C(=O)NCCNCC(F)F)c(C(F)(F)F)c3c(=O)[nH]2)cc1Cl. The Morgan fingerprint density at radius 1 is 1.28 bits per heavy atom. The van der Waals surface area contributed by atoms with Gasteiger partial charge in [0.05, 0.1) is 18.4 Å². The number of aromatic amines is 1. The predicted octanol–water partition coefficient (Wildman–Crippen LogP) is 3.25. The lowest BCUT2D eigenvalue weighted by Gasteiger charge is -2.09. The number of halogens is 6. The van der Waals surface area contributed by atoms with Crippen molar-refractivity contribution in [2.45, 2.75) is 19.5 Å². The number of carbonyl (C=O) groups is 1. The fraction of sp³-hybridized carbons (Fsp3) is 0.316. The highest BCUT2D eigenvalue weighted by molar-refractivity contribution is 6.31. The number of benzene rings is 1. The zero-order valence-electron chi connectivity index (χ0n) is 16.5. The standard InChI is InChI=1S/C19H17ClF5N5O2/c1-9-2-3-10(6-11(9)20)12-8-30-16(18(32)28-12)14(19(23,24)25)15(29-30)17(31)27-5-4-26-7-13(21)22/h2-3,6,8,13,26H,4-5,7H2,1H3,(H,27,31)(H,28,32). The molecule has 0 aliphatic rings. The molecule has 2 aromatic heterocycles. The van der Waals surface area contributed by atoms with Gasteiger partial charge in [0.1, 0.15) is 11.1 Å². The van der Waals surface area contributed by atoms with Crippen LogP contribution in [0.1, 0.15) is 21.6 Å². The van der Waals surface area contributed by atoms with Crippen LogP contribution in [0, 0.1) is 6.92 Å². The van der Waals surface area contributed by atoms with E-state index in [9.17, 15) is 31.5 Å². The van der Waals surface area contributed by atoms with E-state index in [1.807, 2.05) is 0 Å². The van der Waals surface area contributed by atoms with Crippen LogP contribution in [0.2, 0.25) is 5.02 Å². The molecule has 0 fully saturated rings. The molecular weight excluding hydrogens is 461 g/mol. The van der Waals surface area contributed by atoms with Gasteiger partial charge < -0.3 is 15.6 Å². The molecule has 32 heavy (non-hydrogen) atoms. The van der Waals surface area contributed by atoms with Crippen molar-refractivity contribution >= 4 is 23.0 Å². The predicted molar refractivity (Wildman–Crippen MR) is 107 cm³/mol. The van der Waals surface area contributed by atoms with Gasteiger partial charge in [0, 0.05) is 23.7 Å². The van der Waals surface area contributed by atoms with Crippen molar-refractivity contribution in [1.82, 2.24) is 25.2 Å². The number of rotatable bonds is 7. The molecule has 3 rings (SSSR count). The van der Waals surface area contributed by atoms with Gasteiger partial charge in [-0.05, 0) is 18.6 Å². The smallest absolute Gasteiger partial charge is 0.349 e. The second-order valence-corrected chi connectivity index (χ2v) is 7.23. The van der Waals surface area contributed by atoms with Crippen LogP contribution in [-0.2, 0) is 6.18 Å². The lowest BCUT2D eigenvalue weighted by molar-refractivity contribution is -0.136. The zero-order chi connectivity index (χ0) is 23.6. The molecule has 13 heteroatoms.